The lowest BCUT2D eigenvalue weighted by Crippen LogP contribution is -2.27. The molecule has 0 heterocycles. The Morgan fingerprint density at radius 3 is 2.35 bits per heavy atom. The van der Waals surface area contributed by atoms with Crippen LogP contribution in [0, 0.1) is 0 Å². The number of benzene rings is 2. The van der Waals surface area contributed by atoms with Crippen LogP contribution in [0.3, 0.4) is 0 Å². The quantitative estimate of drug-likeness (QED) is 0.703. The maximum atomic E-state index is 12.7. The average Bonchev–Trinajstić information content (AvgIpc) is 2.60. The monoisotopic (exact) mass is 394 g/mol. The number of amides is 1. The first kappa shape index (κ1) is 20.3. The fraction of sp³-hybridized carbons (Fsp3) is 0.278. The van der Waals surface area contributed by atoms with Crippen molar-refractivity contribution in [3.8, 4) is 5.75 Å². The SMILES string of the molecule is COc1ccc(S(=O)(=O)NC(C)c2ccc(SC)cc2)cc1NC(C)=O. The van der Waals surface area contributed by atoms with Crippen LogP contribution in [-0.2, 0) is 14.8 Å². The number of nitrogens with one attached hydrogen (secondary N) is 2. The molecular formula is C18H22N2O4S2. The van der Waals surface area contributed by atoms with Crippen LogP contribution >= 0.6 is 11.8 Å². The summed E-state index contributed by atoms with van der Waals surface area (Å²) in [6.45, 7) is 3.13. The molecule has 0 aliphatic carbocycles. The van der Waals surface area contributed by atoms with Crippen molar-refractivity contribution in [1.82, 2.24) is 4.72 Å². The summed E-state index contributed by atoms with van der Waals surface area (Å²) in [4.78, 5) is 12.5. The Balaban J connectivity index is 2.26. The number of methoxy groups -OCH3 is 1. The molecule has 2 rings (SSSR count). The van der Waals surface area contributed by atoms with E-state index in [1.165, 1.54) is 32.2 Å². The molecule has 0 aliphatic rings. The number of rotatable bonds is 7. The summed E-state index contributed by atoms with van der Waals surface area (Å²) in [7, 11) is -2.32. The van der Waals surface area contributed by atoms with E-state index in [2.05, 4.69) is 10.0 Å². The summed E-state index contributed by atoms with van der Waals surface area (Å²) in [6, 6.07) is 11.6. The van der Waals surface area contributed by atoms with E-state index in [1.807, 2.05) is 30.5 Å². The Bertz CT molecular complexity index is 881. The maximum absolute atomic E-state index is 12.7. The highest BCUT2D eigenvalue weighted by atomic mass is 32.2. The fourth-order valence-corrected chi connectivity index (χ4v) is 4.07. The highest BCUT2D eigenvalue weighted by Gasteiger charge is 2.20. The molecule has 1 unspecified atom stereocenters. The molecule has 2 aromatic carbocycles. The number of ether oxygens (including phenoxy) is 1. The van der Waals surface area contributed by atoms with Gasteiger partial charge in [0, 0.05) is 17.9 Å². The lowest BCUT2D eigenvalue weighted by Gasteiger charge is -2.16. The number of sulfonamides is 1. The van der Waals surface area contributed by atoms with Gasteiger partial charge in [-0.25, -0.2) is 13.1 Å². The van der Waals surface area contributed by atoms with Gasteiger partial charge in [0.05, 0.1) is 17.7 Å². The number of carbonyl (C=O) groups is 1. The van der Waals surface area contributed by atoms with Crippen molar-refractivity contribution in [2.24, 2.45) is 0 Å². The minimum absolute atomic E-state index is 0.0506. The summed E-state index contributed by atoms with van der Waals surface area (Å²) in [5.74, 6) is 0.0768. The molecular weight excluding hydrogens is 372 g/mol. The van der Waals surface area contributed by atoms with Gasteiger partial charge in [-0.05, 0) is 49.1 Å². The van der Waals surface area contributed by atoms with Gasteiger partial charge >= 0.3 is 0 Å². The molecule has 26 heavy (non-hydrogen) atoms. The third-order valence-corrected chi connectivity index (χ3v) is 6.02. The summed E-state index contributed by atoms with van der Waals surface area (Å²) in [5, 5.41) is 2.58. The van der Waals surface area contributed by atoms with Crippen LogP contribution in [0.1, 0.15) is 25.5 Å². The third kappa shape index (κ3) is 5.00. The smallest absolute Gasteiger partial charge is 0.241 e. The van der Waals surface area contributed by atoms with Gasteiger partial charge in [0.25, 0.3) is 0 Å². The van der Waals surface area contributed by atoms with E-state index in [0.29, 0.717) is 11.4 Å². The summed E-state index contributed by atoms with van der Waals surface area (Å²) in [6.07, 6.45) is 1.98. The van der Waals surface area contributed by atoms with Crippen molar-refractivity contribution in [1.29, 1.82) is 0 Å². The molecule has 0 fully saturated rings. The second-order valence-corrected chi connectivity index (χ2v) is 8.25. The van der Waals surface area contributed by atoms with Gasteiger partial charge in [-0.1, -0.05) is 12.1 Å². The number of hydrogen-bond donors (Lipinski definition) is 2. The van der Waals surface area contributed by atoms with Gasteiger partial charge in [-0.2, -0.15) is 0 Å². The van der Waals surface area contributed by atoms with E-state index < -0.39 is 16.1 Å². The number of hydrogen-bond acceptors (Lipinski definition) is 5. The van der Waals surface area contributed by atoms with Gasteiger partial charge in [-0.15, -0.1) is 11.8 Å². The molecule has 0 saturated carbocycles. The van der Waals surface area contributed by atoms with Crippen LogP contribution in [0.5, 0.6) is 5.75 Å². The Kier molecular flexibility index (Phi) is 6.69. The Labute approximate surface area is 158 Å². The van der Waals surface area contributed by atoms with E-state index in [0.717, 1.165) is 10.5 Å². The van der Waals surface area contributed by atoms with Crippen LogP contribution in [-0.4, -0.2) is 27.7 Å². The Morgan fingerprint density at radius 2 is 1.81 bits per heavy atom. The van der Waals surface area contributed by atoms with Crippen LogP contribution in [0.15, 0.2) is 52.3 Å². The highest BCUT2D eigenvalue weighted by Crippen LogP contribution is 2.28. The molecule has 140 valence electrons. The summed E-state index contributed by atoms with van der Waals surface area (Å²) < 4.78 is 33.2. The molecule has 0 aromatic heterocycles. The normalized spacial score (nSPS) is 12.5. The van der Waals surface area contributed by atoms with E-state index in [9.17, 15) is 13.2 Å². The van der Waals surface area contributed by atoms with Crippen LogP contribution in [0.25, 0.3) is 0 Å². The third-order valence-electron chi connectivity index (χ3n) is 3.74. The minimum atomic E-state index is -3.77. The number of anilines is 1. The maximum Gasteiger partial charge on any atom is 0.241 e. The second kappa shape index (κ2) is 8.57. The Hall–Kier alpha value is -2.03. The number of carbonyl (C=O) groups excluding carboxylic acids is 1. The van der Waals surface area contributed by atoms with Gasteiger partial charge in [0.15, 0.2) is 0 Å². The van der Waals surface area contributed by atoms with Crippen molar-refractivity contribution in [3.05, 3.63) is 48.0 Å². The van der Waals surface area contributed by atoms with Gasteiger partial charge in [0.2, 0.25) is 15.9 Å². The molecule has 6 nitrogen and oxygen atoms in total. The van der Waals surface area contributed by atoms with E-state index in [-0.39, 0.29) is 10.8 Å². The van der Waals surface area contributed by atoms with E-state index >= 15 is 0 Å². The fourth-order valence-electron chi connectivity index (χ4n) is 2.40. The molecule has 1 atom stereocenters. The van der Waals surface area contributed by atoms with E-state index in [1.54, 1.807) is 18.7 Å². The van der Waals surface area contributed by atoms with Gasteiger partial charge < -0.3 is 10.1 Å². The largest absolute Gasteiger partial charge is 0.495 e. The molecule has 0 bridgehead atoms. The summed E-state index contributed by atoms with van der Waals surface area (Å²) >= 11 is 1.62. The van der Waals surface area contributed by atoms with Crippen molar-refractivity contribution in [2.45, 2.75) is 29.7 Å². The van der Waals surface area contributed by atoms with Crippen molar-refractivity contribution >= 4 is 33.4 Å². The molecule has 0 saturated heterocycles. The minimum Gasteiger partial charge on any atom is -0.495 e. The van der Waals surface area contributed by atoms with Crippen molar-refractivity contribution < 1.29 is 17.9 Å². The molecule has 2 N–H and O–H groups in total. The van der Waals surface area contributed by atoms with Crippen LogP contribution in [0.2, 0.25) is 0 Å². The molecule has 1 amide bonds. The highest BCUT2D eigenvalue weighted by molar-refractivity contribution is 7.98. The molecule has 0 aliphatic heterocycles. The van der Waals surface area contributed by atoms with Gasteiger partial charge in [-0.3, -0.25) is 4.79 Å². The molecule has 2 aromatic rings. The second-order valence-electron chi connectivity index (χ2n) is 5.66. The first-order valence-electron chi connectivity index (χ1n) is 7.88. The predicted molar refractivity (Wildman–Crippen MR) is 104 cm³/mol. The molecule has 8 heteroatoms. The summed E-state index contributed by atoms with van der Waals surface area (Å²) in [5.41, 5.74) is 1.17. The average molecular weight is 395 g/mol. The predicted octanol–water partition coefficient (Wildman–Crippen LogP) is 3.42. The first-order chi connectivity index (χ1) is 12.3. The Morgan fingerprint density at radius 1 is 1.15 bits per heavy atom. The zero-order valence-electron chi connectivity index (χ0n) is 15.1. The number of thioether (sulfide) groups is 1. The molecule has 0 radical (unpaired) electrons. The van der Waals surface area contributed by atoms with Crippen molar-refractivity contribution in [3.63, 3.8) is 0 Å². The molecule has 0 spiro atoms. The van der Waals surface area contributed by atoms with Crippen LogP contribution < -0.4 is 14.8 Å². The topological polar surface area (TPSA) is 84.5 Å². The van der Waals surface area contributed by atoms with Crippen LogP contribution in [0.4, 0.5) is 5.69 Å². The van der Waals surface area contributed by atoms with Gasteiger partial charge in [0.1, 0.15) is 5.75 Å². The lowest BCUT2D eigenvalue weighted by molar-refractivity contribution is -0.114. The zero-order valence-corrected chi connectivity index (χ0v) is 16.7. The standard InChI is InChI=1S/C18H22N2O4S2/c1-12(14-5-7-15(25-4)8-6-14)20-26(22,23)16-9-10-18(24-3)17(11-16)19-13(2)21/h5-12,20H,1-4H3,(H,19,21). The first-order valence-corrected chi connectivity index (χ1v) is 10.6. The zero-order chi connectivity index (χ0) is 19.3. The van der Waals surface area contributed by atoms with E-state index in [4.69, 9.17) is 4.74 Å². The van der Waals surface area contributed by atoms with Crippen molar-refractivity contribution in [2.75, 3.05) is 18.7 Å². The lowest BCUT2D eigenvalue weighted by atomic mass is 10.1.